The van der Waals surface area contributed by atoms with Crippen molar-refractivity contribution < 1.29 is 5.11 Å². The highest BCUT2D eigenvalue weighted by atomic mass is 32.1. The highest BCUT2D eigenvalue weighted by Gasteiger charge is 2.49. The average Bonchev–Trinajstić information content (AvgIpc) is 2.77. The van der Waals surface area contributed by atoms with Crippen molar-refractivity contribution in [3.05, 3.63) is 16.1 Å². The van der Waals surface area contributed by atoms with Crippen molar-refractivity contribution in [1.82, 2.24) is 4.98 Å². The quantitative estimate of drug-likeness (QED) is 0.834. The predicted molar refractivity (Wildman–Crippen MR) is 58.8 cm³/mol. The van der Waals surface area contributed by atoms with E-state index in [0.717, 1.165) is 12.8 Å². The highest BCUT2D eigenvalue weighted by molar-refractivity contribution is 7.11. The molecule has 0 spiro atoms. The topological polar surface area (TPSA) is 33.1 Å². The molecular formula is C11H17NOS. The summed E-state index contributed by atoms with van der Waals surface area (Å²) in [4.78, 5) is 5.69. The summed E-state index contributed by atoms with van der Waals surface area (Å²) in [7, 11) is 0. The molecule has 0 amide bonds. The van der Waals surface area contributed by atoms with Crippen LogP contribution in [0.1, 0.15) is 49.4 Å². The minimum absolute atomic E-state index is 0.0603. The summed E-state index contributed by atoms with van der Waals surface area (Å²) in [5.41, 5.74) is 0.0603. The lowest BCUT2D eigenvalue weighted by Gasteiger charge is -2.15. The summed E-state index contributed by atoms with van der Waals surface area (Å²) >= 11 is 1.77. The van der Waals surface area contributed by atoms with Gasteiger partial charge in [-0.05, 0) is 19.8 Å². The Balaban J connectivity index is 2.25. The Morgan fingerprint density at radius 2 is 2.07 bits per heavy atom. The van der Waals surface area contributed by atoms with E-state index in [1.165, 1.54) is 9.88 Å². The van der Waals surface area contributed by atoms with Gasteiger partial charge in [-0.3, -0.25) is 0 Å². The van der Waals surface area contributed by atoms with Gasteiger partial charge in [0.05, 0.1) is 11.1 Å². The third kappa shape index (κ3) is 1.48. The lowest BCUT2D eigenvalue weighted by molar-refractivity contribution is 0.152. The molecule has 1 atom stereocenters. The van der Waals surface area contributed by atoms with Crippen LogP contribution in [0.4, 0.5) is 0 Å². The van der Waals surface area contributed by atoms with Crippen LogP contribution < -0.4 is 0 Å². The molecule has 0 radical (unpaired) electrons. The largest absolute Gasteiger partial charge is 0.392 e. The van der Waals surface area contributed by atoms with Gasteiger partial charge in [0.25, 0.3) is 0 Å². The second-order valence-corrected chi connectivity index (χ2v) is 5.61. The van der Waals surface area contributed by atoms with Gasteiger partial charge in [-0.1, -0.05) is 13.8 Å². The van der Waals surface area contributed by atoms with E-state index in [1.54, 1.807) is 11.3 Å². The SMILES string of the molecule is CC(C)c1ncc(C2(C(C)O)CC2)s1. The molecule has 1 aliphatic carbocycles. The Hall–Kier alpha value is -0.410. The summed E-state index contributed by atoms with van der Waals surface area (Å²) in [6, 6.07) is 0. The fourth-order valence-electron chi connectivity index (χ4n) is 1.79. The Morgan fingerprint density at radius 3 is 2.43 bits per heavy atom. The van der Waals surface area contributed by atoms with Crippen LogP contribution in [0.5, 0.6) is 0 Å². The number of nitrogens with zero attached hydrogens (tertiary/aromatic N) is 1. The summed E-state index contributed by atoms with van der Waals surface area (Å²) < 4.78 is 0. The fraction of sp³-hybridized carbons (Fsp3) is 0.727. The lowest BCUT2D eigenvalue weighted by Crippen LogP contribution is -2.21. The van der Waals surface area contributed by atoms with E-state index in [1.807, 2.05) is 13.1 Å². The molecule has 0 aliphatic heterocycles. The smallest absolute Gasteiger partial charge is 0.0953 e. The highest BCUT2D eigenvalue weighted by Crippen LogP contribution is 2.52. The molecule has 1 aromatic heterocycles. The normalized spacial score (nSPS) is 21.2. The van der Waals surface area contributed by atoms with E-state index < -0.39 is 0 Å². The number of aliphatic hydroxyl groups is 1. The molecule has 0 aromatic carbocycles. The van der Waals surface area contributed by atoms with Crippen molar-refractivity contribution in [2.75, 3.05) is 0 Å². The number of rotatable bonds is 3. The number of aromatic nitrogens is 1. The maximum atomic E-state index is 9.72. The number of aliphatic hydroxyl groups excluding tert-OH is 1. The van der Waals surface area contributed by atoms with Gasteiger partial charge in [0.1, 0.15) is 0 Å². The molecule has 3 heteroatoms. The molecule has 14 heavy (non-hydrogen) atoms. The van der Waals surface area contributed by atoms with E-state index in [0.29, 0.717) is 5.92 Å². The van der Waals surface area contributed by atoms with Crippen molar-refractivity contribution >= 4 is 11.3 Å². The van der Waals surface area contributed by atoms with Crippen molar-refractivity contribution in [2.24, 2.45) is 0 Å². The maximum Gasteiger partial charge on any atom is 0.0953 e. The Morgan fingerprint density at radius 1 is 1.43 bits per heavy atom. The lowest BCUT2D eigenvalue weighted by atomic mass is 10.00. The van der Waals surface area contributed by atoms with Crippen molar-refractivity contribution in [2.45, 2.75) is 51.0 Å². The molecule has 0 saturated heterocycles. The standard InChI is InChI=1S/C11H17NOS/c1-7(2)10-12-6-9(14-10)11(4-5-11)8(3)13/h6-8,13H,4-5H2,1-3H3. The van der Waals surface area contributed by atoms with Gasteiger partial charge in [-0.15, -0.1) is 11.3 Å². The zero-order valence-corrected chi connectivity index (χ0v) is 9.77. The van der Waals surface area contributed by atoms with Gasteiger partial charge in [0, 0.05) is 22.4 Å². The third-order valence-electron chi connectivity index (χ3n) is 3.10. The van der Waals surface area contributed by atoms with Crippen molar-refractivity contribution in [1.29, 1.82) is 0 Å². The Bertz CT molecular complexity index is 326. The summed E-state index contributed by atoms with van der Waals surface area (Å²) in [5.74, 6) is 0.499. The van der Waals surface area contributed by atoms with Crippen LogP contribution >= 0.6 is 11.3 Å². The summed E-state index contributed by atoms with van der Waals surface area (Å²) in [5, 5.41) is 10.9. The minimum Gasteiger partial charge on any atom is -0.392 e. The molecule has 78 valence electrons. The predicted octanol–water partition coefficient (Wildman–Crippen LogP) is 2.68. The molecule has 2 nitrogen and oxygen atoms in total. The van der Waals surface area contributed by atoms with Crippen LogP contribution in [0.25, 0.3) is 0 Å². The van der Waals surface area contributed by atoms with E-state index in [4.69, 9.17) is 0 Å². The van der Waals surface area contributed by atoms with Crippen LogP contribution in [0.2, 0.25) is 0 Å². The monoisotopic (exact) mass is 211 g/mol. The first kappa shape index (κ1) is 10.1. The van der Waals surface area contributed by atoms with Gasteiger partial charge in [-0.25, -0.2) is 4.98 Å². The van der Waals surface area contributed by atoms with Gasteiger partial charge in [0.2, 0.25) is 0 Å². The van der Waals surface area contributed by atoms with E-state index in [-0.39, 0.29) is 11.5 Å². The zero-order valence-electron chi connectivity index (χ0n) is 8.95. The summed E-state index contributed by atoms with van der Waals surface area (Å²) in [6.45, 7) is 6.21. The van der Waals surface area contributed by atoms with E-state index >= 15 is 0 Å². The van der Waals surface area contributed by atoms with Crippen LogP contribution in [0.15, 0.2) is 6.20 Å². The number of hydrogen-bond acceptors (Lipinski definition) is 3. The Kier molecular flexibility index (Phi) is 2.40. The van der Waals surface area contributed by atoms with Gasteiger partial charge in [-0.2, -0.15) is 0 Å². The van der Waals surface area contributed by atoms with Gasteiger partial charge < -0.3 is 5.11 Å². The second kappa shape index (κ2) is 3.31. The van der Waals surface area contributed by atoms with Gasteiger partial charge >= 0.3 is 0 Å². The molecule has 0 bridgehead atoms. The minimum atomic E-state index is -0.233. The molecule has 1 heterocycles. The molecule has 1 aliphatic rings. The van der Waals surface area contributed by atoms with Crippen LogP contribution in [0.3, 0.4) is 0 Å². The molecular weight excluding hydrogens is 194 g/mol. The van der Waals surface area contributed by atoms with Gasteiger partial charge in [0.15, 0.2) is 0 Å². The number of hydrogen-bond donors (Lipinski definition) is 1. The second-order valence-electron chi connectivity index (χ2n) is 4.55. The van der Waals surface area contributed by atoms with E-state index in [2.05, 4.69) is 18.8 Å². The van der Waals surface area contributed by atoms with Crippen molar-refractivity contribution in [3.63, 3.8) is 0 Å². The molecule has 2 rings (SSSR count). The third-order valence-corrected chi connectivity index (χ3v) is 4.61. The van der Waals surface area contributed by atoms with Crippen LogP contribution in [-0.2, 0) is 5.41 Å². The van der Waals surface area contributed by atoms with E-state index in [9.17, 15) is 5.11 Å². The molecule has 1 aromatic rings. The summed E-state index contributed by atoms with van der Waals surface area (Å²) in [6.07, 6.45) is 3.96. The first-order valence-corrected chi connectivity index (χ1v) is 6.02. The first-order chi connectivity index (χ1) is 6.56. The fourth-order valence-corrected chi connectivity index (χ4v) is 3.04. The van der Waals surface area contributed by atoms with Crippen LogP contribution in [-0.4, -0.2) is 16.2 Å². The maximum absolute atomic E-state index is 9.72. The first-order valence-electron chi connectivity index (χ1n) is 5.20. The Labute approximate surface area is 89.0 Å². The molecule has 1 N–H and O–H groups in total. The average molecular weight is 211 g/mol. The molecule has 1 fully saturated rings. The molecule has 1 unspecified atom stereocenters. The zero-order chi connectivity index (χ0) is 10.3. The molecule has 1 saturated carbocycles. The van der Waals surface area contributed by atoms with Crippen molar-refractivity contribution in [3.8, 4) is 0 Å². The number of thiazole rings is 1. The van der Waals surface area contributed by atoms with Crippen LogP contribution in [0, 0.1) is 0 Å².